The Hall–Kier alpha value is -2.49. The number of hydrogen-bond donors (Lipinski definition) is 2. The van der Waals surface area contributed by atoms with Crippen molar-refractivity contribution in [3.8, 4) is 11.5 Å². The van der Waals surface area contributed by atoms with Crippen LogP contribution in [0.5, 0.6) is 11.5 Å². The van der Waals surface area contributed by atoms with Crippen molar-refractivity contribution in [2.24, 2.45) is 0 Å². The van der Waals surface area contributed by atoms with Crippen LogP contribution in [-0.2, 0) is 0 Å². The maximum absolute atomic E-state index is 12.3. The molecule has 4 nitrogen and oxygen atoms in total. The van der Waals surface area contributed by atoms with Gasteiger partial charge in [-0.05, 0) is 41.8 Å². The van der Waals surface area contributed by atoms with E-state index in [2.05, 4.69) is 19.2 Å². The Morgan fingerprint density at radius 3 is 2.62 bits per heavy atom. The van der Waals surface area contributed by atoms with Crippen LogP contribution in [0.1, 0.15) is 35.7 Å². The van der Waals surface area contributed by atoms with E-state index in [1.54, 1.807) is 6.07 Å². The van der Waals surface area contributed by atoms with Crippen LogP contribution in [0.3, 0.4) is 0 Å². The predicted octanol–water partition coefficient (Wildman–Crippen LogP) is 3.78. The Balaban J connectivity index is 2.24. The maximum atomic E-state index is 12.3. The number of hydrogen-bond acceptors (Lipinski definition) is 3. The van der Waals surface area contributed by atoms with Crippen LogP contribution >= 0.6 is 0 Å². The minimum Gasteiger partial charge on any atom is -0.507 e. The molecule has 0 heterocycles. The zero-order valence-corrected chi connectivity index (χ0v) is 12.4. The van der Waals surface area contributed by atoms with Crippen molar-refractivity contribution >= 4 is 11.6 Å². The fourth-order valence-corrected chi connectivity index (χ4v) is 2.00. The van der Waals surface area contributed by atoms with Crippen LogP contribution in [0.25, 0.3) is 0 Å². The molecule has 0 aliphatic heterocycles. The van der Waals surface area contributed by atoms with E-state index in [1.165, 1.54) is 19.2 Å². The number of methoxy groups -OCH3 is 1. The number of rotatable bonds is 4. The van der Waals surface area contributed by atoms with Crippen molar-refractivity contribution in [1.82, 2.24) is 0 Å². The number of phenolic OH excluding ortho intramolecular Hbond substituents is 1. The summed E-state index contributed by atoms with van der Waals surface area (Å²) in [6.45, 7) is 4.18. The van der Waals surface area contributed by atoms with Gasteiger partial charge in [0, 0.05) is 5.69 Å². The normalized spacial score (nSPS) is 10.5. The number of carbonyl (C=O) groups is 1. The molecule has 0 bridgehead atoms. The highest BCUT2D eigenvalue weighted by atomic mass is 16.5. The SMILES string of the molecule is COc1ccc(O)c(C(=O)Nc2cccc(C(C)C)c2)c1. The number of nitrogens with one attached hydrogen (secondary N) is 1. The van der Waals surface area contributed by atoms with Gasteiger partial charge in [-0.2, -0.15) is 0 Å². The smallest absolute Gasteiger partial charge is 0.259 e. The summed E-state index contributed by atoms with van der Waals surface area (Å²) in [5, 5.41) is 12.6. The first-order valence-corrected chi connectivity index (χ1v) is 6.79. The predicted molar refractivity (Wildman–Crippen MR) is 83.1 cm³/mol. The third-order valence-electron chi connectivity index (χ3n) is 3.26. The minimum atomic E-state index is -0.368. The van der Waals surface area contributed by atoms with Gasteiger partial charge in [-0.3, -0.25) is 4.79 Å². The summed E-state index contributed by atoms with van der Waals surface area (Å²) in [5.74, 6) is 0.460. The summed E-state index contributed by atoms with van der Waals surface area (Å²) >= 11 is 0. The molecule has 0 aliphatic carbocycles. The summed E-state index contributed by atoms with van der Waals surface area (Å²) in [5.41, 5.74) is 2.03. The summed E-state index contributed by atoms with van der Waals surface area (Å²) in [6.07, 6.45) is 0. The van der Waals surface area contributed by atoms with Crippen molar-refractivity contribution < 1.29 is 14.6 Å². The van der Waals surface area contributed by atoms with Crippen LogP contribution in [0.4, 0.5) is 5.69 Å². The molecule has 2 rings (SSSR count). The number of benzene rings is 2. The van der Waals surface area contributed by atoms with Crippen molar-refractivity contribution in [1.29, 1.82) is 0 Å². The number of phenols is 1. The van der Waals surface area contributed by atoms with E-state index in [4.69, 9.17) is 4.74 Å². The highest BCUT2D eigenvalue weighted by Gasteiger charge is 2.13. The fraction of sp³-hybridized carbons (Fsp3) is 0.235. The number of amides is 1. The average Bonchev–Trinajstić information content (AvgIpc) is 2.48. The Bertz CT molecular complexity index is 650. The van der Waals surface area contributed by atoms with Gasteiger partial charge in [0.25, 0.3) is 5.91 Å². The first-order valence-electron chi connectivity index (χ1n) is 6.79. The van der Waals surface area contributed by atoms with Gasteiger partial charge >= 0.3 is 0 Å². The molecular formula is C17H19NO3. The number of aromatic hydroxyl groups is 1. The molecule has 110 valence electrons. The minimum absolute atomic E-state index is 0.0756. The Morgan fingerprint density at radius 1 is 1.19 bits per heavy atom. The molecule has 4 heteroatoms. The standard InChI is InChI=1S/C17H19NO3/c1-11(2)12-5-4-6-13(9-12)18-17(20)15-10-14(21-3)7-8-16(15)19/h4-11,19H,1-3H3,(H,18,20). The van der Waals surface area contributed by atoms with Gasteiger partial charge in [-0.1, -0.05) is 26.0 Å². The molecule has 0 saturated heterocycles. The van der Waals surface area contributed by atoms with Crippen LogP contribution in [0, 0.1) is 0 Å². The lowest BCUT2D eigenvalue weighted by molar-refractivity contribution is 0.102. The van der Waals surface area contributed by atoms with Crippen LogP contribution < -0.4 is 10.1 Å². The van der Waals surface area contributed by atoms with Gasteiger partial charge < -0.3 is 15.2 Å². The molecule has 2 N–H and O–H groups in total. The summed E-state index contributed by atoms with van der Waals surface area (Å²) in [4.78, 5) is 12.3. The van der Waals surface area contributed by atoms with E-state index in [0.717, 1.165) is 5.56 Å². The first-order chi connectivity index (χ1) is 10.0. The van der Waals surface area contributed by atoms with Gasteiger partial charge in [-0.15, -0.1) is 0 Å². The summed E-state index contributed by atoms with van der Waals surface area (Å²) in [7, 11) is 1.51. The first kappa shape index (κ1) is 14.9. The van der Waals surface area contributed by atoms with E-state index in [0.29, 0.717) is 17.4 Å². The summed E-state index contributed by atoms with van der Waals surface area (Å²) in [6, 6.07) is 12.2. The number of ether oxygens (including phenoxy) is 1. The topological polar surface area (TPSA) is 58.6 Å². The molecule has 21 heavy (non-hydrogen) atoms. The largest absolute Gasteiger partial charge is 0.507 e. The van der Waals surface area contributed by atoms with Crippen molar-refractivity contribution in [3.05, 3.63) is 53.6 Å². The number of anilines is 1. The van der Waals surface area contributed by atoms with Gasteiger partial charge in [0.15, 0.2) is 0 Å². The monoisotopic (exact) mass is 285 g/mol. The summed E-state index contributed by atoms with van der Waals surface area (Å²) < 4.78 is 5.07. The molecule has 0 aliphatic rings. The van der Waals surface area contributed by atoms with E-state index in [9.17, 15) is 9.90 Å². The molecule has 0 fully saturated rings. The van der Waals surface area contributed by atoms with E-state index in [-0.39, 0.29) is 17.2 Å². The second-order valence-corrected chi connectivity index (χ2v) is 5.12. The van der Waals surface area contributed by atoms with Crippen molar-refractivity contribution in [3.63, 3.8) is 0 Å². The lowest BCUT2D eigenvalue weighted by Gasteiger charge is -2.11. The fourth-order valence-electron chi connectivity index (χ4n) is 2.00. The highest BCUT2D eigenvalue weighted by Crippen LogP contribution is 2.24. The Kier molecular flexibility index (Phi) is 4.48. The van der Waals surface area contributed by atoms with Gasteiger partial charge in [0.2, 0.25) is 0 Å². The van der Waals surface area contributed by atoms with E-state index >= 15 is 0 Å². The molecule has 0 unspecified atom stereocenters. The quantitative estimate of drug-likeness (QED) is 0.898. The molecule has 1 amide bonds. The molecule has 0 radical (unpaired) electrons. The molecule has 2 aromatic rings. The Labute approximate surface area is 124 Å². The third kappa shape index (κ3) is 3.54. The Morgan fingerprint density at radius 2 is 1.95 bits per heavy atom. The van der Waals surface area contributed by atoms with Gasteiger partial charge in [0.1, 0.15) is 11.5 Å². The van der Waals surface area contributed by atoms with E-state index in [1.807, 2.05) is 24.3 Å². The van der Waals surface area contributed by atoms with E-state index < -0.39 is 0 Å². The second kappa shape index (κ2) is 6.31. The second-order valence-electron chi connectivity index (χ2n) is 5.12. The van der Waals surface area contributed by atoms with Crippen LogP contribution in [-0.4, -0.2) is 18.1 Å². The lowest BCUT2D eigenvalue weighted by atomic mass is 10.0. The van der Waals surface area contributed by atoms with Gasteiger partial charge in [-0.25, -0.2) is 0 Å². The molecule has 0 saturated carbocycles. The average molecular weight is 285 g/mol. The van der Waals surface area contributed by atoms with Crippen LogP contribution in [0.2, 0.25) is 0 Å². The van der Waals surface area contributed by atoms with Crippen LogP contribution in [0.15, 0.2) is 42.5 Å². The molecule has 0 aromatic heterocycles. The maximum Gasteiger partial charge on any atom is 0.259 e. The van der Waals surface area contributed by atoms with Crippen molar-refractivity contribution in [2.75, 3.05) is 12.4 Å². The van der Waals surface area contributed by atoms with Crippen molar-refractivity contribution in [2.45, 2.75) is 19.8 Å². The zero-order valence-electron chi connectivity index (χ0n) is 12.4. The molecule has 2 aromatic carbocycles. The highest BCUT2D eigenvalue weighted by molar-refractivity contribution is 6.06. The molecule has 0 spiro atoms. The lowest BCUT2D eigenvalue weighted by Crippen LogP contribution is -2.12. The third-order valence-corrected chi connectivity index (χ3v) is 3.26. The van der Waals surface area contributed by atoms with Gasteiger partial charge in [0.05, 0.1) is 12.7 Å². The molecular weight excluding hydrogens is 266 g/mol. The molecule has 0 atom stereocenters. The zero-order chi connectivity index (χ0) is 15.4. The number of carbonyl (C=O) groups excluding carboxylic acids is 1.